The van der Waals surface area contributed by atoms with Crippen LogP contribution in [0.3, 0.4) is 0 Å². The zero-order valence-electron chi connectivity index (χ0n) is 13.4. The van der Waals surface area contributed by atoms with Crippen molar-refractivity contribution in [1.29, 1.82) is 0 Å². The Kier molecular flexibility index (Phi) is 6.63. The monoisotopic (exact) mass is 345 g/mol. The summed E-state index contributed by atoms with van der Waals surface area (Å²) in [7, 11) is 0. The van der Waals surface area contributed by atoms with E-state index in [2.05, 4.69) is 16.0 Å². The first kappa shape index (κ1) is 17.8. The second kappa shape index (κ2) is 8.93. The Morgan fingerprint density at radius 2 is 1.79 bits per heavy atom. The number of halogens is 1. The molecule has 0 aromatic heterocycles. The first-order chi connectivity index (χ1) is 11.6. The van der Waals surface area contributed by atoms with E-state index in [9.17, 15) is 9.59 Å². The Morgan fingerprint density at radius 1 is 1.04 bits per heavy atom. The summed E-state index contributed by atoms with van der Waals surface area (Å²) < 4.78 is 0. The van der Waals surface area contributed by atoms with E-state index in [1.165, 1.54) is 0 Å². The number of carbonyl (C=O) groups excluding carboxylic acids is 2. The number of rotatable bonds is 7. The van der Waals surface area contributed by atoms with Crippen LogP contribution in [0.15, 0.2) is 48.5 Å². The molecule has 0 aliphatic carbocycles. The fraction of sp³-hybridized carbons (Fsp3) is 0.222. The third-order valence-electron chi connectivity index (χ3n) is 3.22. The van der Waals surface area contributed by atoms with Crippen LogP contribution in [0.2, 0.25) is 5.02 Å². The van der Waals surface area contributed by atoms with Gasteiger partial charge in [-0.2, -0.15) is 0 Å². The highest BCUT2D eigenvalue weighted by Crippen LogP contribution is 2.15. The Balaban J connectivity index is 1.90. The highest BCUT2D eigenvalue weighted by Gasteiger charge is 2.07. The van der Waals surface area contributed by atoms with Gasteiger partial charge in [0.25, 0.3) is 5.91 Å². The number of hydrogen-bond acceptors (Lipinski definition) is 3. The summed E-state index contributed by atoms with van der Waals surface area (Å²) in [5.41, 5.74) is 1.87. The normalized spacial score (nSPS) is 10.1. The predicted octanol–water partition coefficient (Wildman–Crippen LogP) is 3.53. The van der Waals surface area contributed by atoms with E-state index in [1.54, 1.807) is 42.5 Å². The Labute approximate surface area is 146 Å². The maximum atomic E-state index is 12.0. The quantitative estimate of drug-likeness (QED) is 0.719. The number of anilines is 2. The summed E-state index contributed by atoms with van der Waals surface area (Å²) in [5.74, 6) is -0.355. The van der Waals surface area contributed by atoms with E-state index in [-0.39, 0.29) is 18.4 Å². The molecule has 3 N–H and O–H groups in total. The summed E-state index contributed by atoms with van der Waals surface area (Å²) in [5, 5.41) is 9.17. The van der Waals surface area contributed by atoms with Gasteiger partial charge in [-0.1, -0.05) is 30.7 Å². The molecule has 2 amide bonds. The molecule has 2 aromatic carbocycles. The Hall–Kier alpha value is -2.53. The standard InChI is InChI=1S/C18H20ClN3O2/c1-2-9-20-18(24)13-5-3-8-16(10-13)22-17(23)12-21-15-7-4-6-14(19)11-15/h3-8,10-11,21H,2,9,12H2,1H3,(H,20,24)(H,22,23). The van der Waals surface area contributed by atoms with Gasteiger partial charge in [0, 0.05) is 28.5 Å². The van der Waals surface area contributed by atoms with Crippen molar-refractivity contribution >= 4 is 34.8 Å². The zero-order chi connectivity index (χ0) is 17.4. The highest BCUT2D eigenvalue weighted by atomic mass is 35.5. The van der Waals surface area contributed by atoms with Gasteiger partial charge in [-0.15, -0.1) is 0 Å². The van der Waals surface area contributed by atoms with E-state index >= 15 is 0 Å². The maximum absolute atomic E-state index is 12.0. The lowest BCUT2D eigenvalue weighted by Crippen LogP contribution is -2.24. The molecule has 0 aliphatic rings. The molecule has 2 aromatic rings. The molecule has 24 heavy (non-hydrogen) atoms. The minimum Gasteiger partial charge on any atom is -0.376 e. The van der Waals surface area contributed by atoms with Crippen LogP contribution in [-0.2, 0) is 4.79 Å². The number of benzene rings is 2. The molecule has 0 unspecified atom stereocenters. The first-order valence-electron chi connectivity index (χ1n) is 7.76. The summed E-state index contributed by atoms with van der Waals surface area (Å²) >= 11 is 5.89. The molecule has 5 nitrogen and oxygen atoms in total. The molecule has 0 radical (unpaired) electrons. The van der Waals surface area contributed by atoms with Crippen molar-refractivity contribution < 1.29 is 9.59 Å². The molecular formula is C18H20ClN3O2. The lowest BCUT2D eigenvalue weighted by atomic mass is 10.2. The van der Waals surface area contributed by atoms with Gasteiger partial charge in [0.05, 0.1) is 6.54 Å². The molecule has 2 rings (SSSR count). The second-order valence-corrected chi connectivity index (χ2v) is 5.69. The lowest BCUT2D eigenvalue weighted by Gasteiger charge is -2.09. The van der Waals surface area contributed by atoms with Crippen LogP contribution in [0.5, 0.6) is 0 Å². The van der Waals surface area contributed by atoms with Gasteiger partial charge in [0.1, 0.15) is 0 Å². The number of nitrogens with one attached hydrogen (secondary N) is 3. The van der Waals surface area contributed by atoms with Gasteiger partial charge in [-0.05, 0) is 42.8 Å². The third-order valence-corrected chi connectivity index (χ3v) is 3.46. The van der Waals surface area contributed by atoms with E-state index in [4.69, 9.17) is 11.6 Å². The van der Waals surface area contributed by atoms with E-state index in [0.717, 1.165) is 12.1 Å². The fourth-order valence-corrected chi connectivity index (χ4v) is 2.26. The molecule has 0 saturated heterocycles. The van der Waals surface area contributed by atoms with Gasteiger partial charge < -0.3 is 16.0 Å². The molecular weight excluding hydrogens is 326 g/mol. The van der Waals surface area contributed by atoms with Crippen LogP contribution < -0.4 is 16.0 Å². The van der Waals surface area contributed by atoms with E-state index < -0.39 is 0 Å². The van der Waals surface area contributed by atoms with E-state index in [1.807, 2.05) is 13.0 Å². The van der Waals surface area contributed by atoms with Crippen LogP contribution in [0, 0.1) is 0 Å². The molecule has 0 fully saturated rings. The Bertz CT molecular complexity index is 719. The summed E-state index contributed by atoms with van der Waals surface area (Å²) in [6.45, 7) is 2.72. The summed E-state index contributed by atoms with van der Waals surface area (Å²) in [4.78, 5) is 24.0. The van der Waals surface area contributed by atoms with Crippen LogP contribution >= 0.6 is 11.6 Å². The number of amides is 2. The summed E-state index contributed by atoms with van der Waals surface area (Å²) in [6.07, 6.45) is 0.872. The molecule has 0 spiro atoms. The summed E-state index contributed by atoms with van der Waals surface area (Å²) in [6, 6.07) is 14.0. The average molecular weight is 346 g/mol. The zero-order valence-corrected chi connectivity index (χ0v) is 14.2. The van der Waals surface area contributed by atoms with Crippen LogP contribution in [0.1, 0.15) is 23.7 Å². The minimum absolute atomic E-state index is 0.104. The van der Waals surface area contributed by atoms with Gasteiger partial charge in [-0.25, -0.2) is 0 Å². The van der Waals surface area contributed by atoms with Crippen molar-refractivity contribution in [3.8, 4) is 0 Å². The molecule has 0 atom stereocenters. The van der Waals surface area contributed by atoms with Gasteiger partial charge >= 0.3 is 0 Å². The first-order valence-corrected chi connectivity index (χ1v) is 8.14. The lowest BCUT2D eigenvalue weighted by molar-refractivity contribution is -0.114. The second-order valence-electron chi connectivity index (χ2n) is 5.25. The molecule has 126 valence electrons. The number of carbonyl (C=O) groups is 2. The highest BCUT2D eigenvalue weighted by molar-refractivity contribution is 6.30. The SMILES string of the molecule is CCCNC(=O)c1cccc(NC(=O)CNc2cccc(Cl)c2)c1. The largest absolute Gasteiger partial charge is 0.376 e. The van der Waals surface area contributed by atoms with Crippen molar-refractivity contribution in [2.24, 2.45) is 0 Å². The fourth-order valence-electron chi connectivity index (χ4n) is 2.06. The third kappa shape index (κ3) is 5.59. The van der Waals surface area contributed by atoms with Gasteiger partial charge in [0.15, 0.2) is 0 Å². The van der Waals surface area contributed by atoms with Crippen LogP contribution in [0.4, 0.5) is 11.4 Å². The van der Waals surface area contributed by atoms with E-state index in [0.29, 0.717) is 22.8 Å². The minimum atomic E-state index is -0.207. The van der Waals surface area contributed by atoms with Crippen molar-refractivity contribution in [2.45, 2.75) is 13.3 Å². The number of hydrogen-bond donors (Lipinski definition) is 3. The van der Waals surface area contributed by atoms with Crippen molar-refractivity contribution in [2.75, 3.05) is 23.7 Å². The maximum Gasteiger partial charge on any atom is 0.251 e. The van der Waals surface area contributed by atoms with Crippen LogP contribution in [-0.4, -0.2) is 24.9 Å². The average Bonchev–Trinajstić information content (AvgIpc) is 2.58. The van der Waals surface area contributed by atoms with Crippen LogP contribution in [0.25, 0.3) is 0 Å². The van der Waals surface area contributed by atoms with Gasteiger partial charge in [0.2, 0.25) is 5.91 Å². The molecule has 0 saturated carbocycles. The molecule has 0 aliphatic heterocycles. The smallest absolute Gasteiger partial charge is 0.251 e. The Morgan fingerprint density at radius 3 is 2.54 bits per heavy atom. The van der Waals surface area contributed by atoms with Crippen molar-refractivity contribution in [1.82, 2.24) is 5.32 Å². The predicted molar refractivity (Wildman–Crippen MR) is 97.6 cm³/mol. The van der Waals surface area contributed by atoms with Crippen molar-refractivity contribution in [3.05, 3.63) is 59.1 Å². The molecule has 6 heteroatoms. The van der Waals surface area contributed by atoms with Crippen molar-refractivity contribution in [3.63, 3.8) is 0 Å². The topological polar surface area (TPSA) is 70.2 Å². The molecule has 0 heterocycles. The molecule has 0 bridgehead atoms. The van der Waals surface area contributed by atoms with Gasteiger partial charge in [-0.3, -0.25) is 9.59 Å².